The molecule has 0 saturated carbocycles. The second kappa shape index (κ2) is 7.36. The standard InChI is InChI=1S/C17H17FN2O2/c1-19-20-17(6-3-9-21)13-7-8-15(16(18)11-13)12-4-2-5-14(22)10-12/h2,4-5,7-11,19,22H,3,6H2,1H3/b20-17+. The van der Waals surface area contributed by atoms with Gasteiger partial charge in [-0.15, -0.1) is 0 Å². The summed E-state index contributed by atoms with van der Waals surface area (Å²) < 4.78 is 14.4. The first-order valence-corrected chi connectivity index (χ1v) is 6.92. The van der Waals surface area contributed by atoms with Gasteiger partial charge in [0.2, 0.25) is 0 Å². The van der Waals surface area contributed by atoms with Crippen LogP contribution in [-0.2, 0) is 4.79 Å². The Bertz CT molecular complexity index is 699. The highest BCUT2D eigenvalue weighted by Crippen LogP contribution is 2.26. The first-order valence-electron chi connectivity index (χ1n) is 6.92. The van der Waals surface area contributed by atoms with Gasteiger partial charge in [-0.05, 0) is 30.2 Å². The molecule has 2 N–H and O–H groups in total. The Morgan fingerprint density at radius 3 is 2.77 bits per heavy atom. The van der Waals surface area contributed by atoms with Gasteiger partial charge in [-0.2, -0.15) is 5.10 Å². The molecule has 0 amide bonds. The Morgan fingerprint density at radius 1 is 1.32 bits per heavy atom. The number of aldehydes is 1. The molecule has 22 heavy (non-hydrogen) atoms. The Balaban J connectivity index is 2.36. The van der Waals surface area contributed by atoms with Crippen LogP contribution in [0.1, 0.15) is 18.4 Å². The van der Waals surface area contributed by atoms with E-state index in [2.05, 4.69) is 10.5 Å². The van der Waals surface area contributed by atoms with Crippen LogP contribution < -0.4 is 5.43 Å². The molecule has 5 heteroatoms. The molecule has 0 atom stereocenters. The second-order valence-electron chi connectivity index (χ2n) is 4.73. The number of nitrogens with zero attached hydrogens (tertiary/aromatic N) is 1. The number of carbonyl (C=O) groups is 1. The van der Waals surface area contributed by atoms with E-state index in [9.17, 15) is 14.3 Å². The van der Waals surface area contributed by atoms with Gasteiger partial charge in [0.05, 0.1) is 5.71 Å². The quantitative estimate of drug-likeness (QED) is 0.489. The van der Waals surface area contributed by atoms with Crippen LogP contribution in [0.15, 0.2) is 47.6 Å². The van der Waals surface area contributed by atoms with E-state index in [-0.39, 0.29) is 5.75 Å². The summed E-state index contributed by atoms with van der Waals surface area (Å²) in [4.78, 5) is 10.5. The summed E-state index contributed by atoms with van der Waals surface area (Å²) in [5.74, 6) is -0.317. The molecule has 2 aromatic rings. The Morgan fingerprint density at radius 2 is 2.14 bits per heavy atom. The van der Waals surface area contributed by atoms with Gasteiger partial charge in [0.1, 0.15) is 17.9 Å². The van der Waals surface area contributed by atoms with Crippen molar-refractivity contribution in [1.29, 1.82) is 0 Å². The maximum Gasteiger partial charge on any atom is 0.131 e. The number of hydrazone groups is 1. The summed E-state index contributed by atoms with van der Waals surface area (Å²) >= 11 is 0. The minimum atomic E-state index is -0.405. The lowest BCUT2D eigenvalue weighted by molar-refractivity contribution is -0.107. The summed E-state index contributed by atoms with van der Waals surface area (Å²) in [7, 11) is 1.65. The molecule has 0 aliphatic rings. The third-order valence-electron chi connectivity index (χ3n) is 3.21. The van der Waals surface area contributed by atoms with Gasteiger partial charge >= 0.3 is 0 Å². The molecule has 0 aliphatic carbocycles. The molecule has 0 radical (unpaired) electrons. The summed E-state index contributed by atoms with van der Waals surface area (Å²) in [6.07, 6.45) is 1.58. The van der Waals surface area contributed by atoms with E-state index >= 15 is 0 Å². The maximum atomic E-state index is 14.4. The van der Waals surface area contributed by atoms with Gasteiger partial charge in [-0.25, -0.2) is 4.39 Å². The molecular weight excluding hydrogens is 283 g/mol. The second-order valence-corrected chi connectivity index (χ2v) is 4.73. The van der Waals surface area contributed by atoms with Crippen LogP contribution in [0.25, 0.3) is 11.1 Å². The average Bonchev–Trinajstić information content (AvgIpc) is 2.51. The molecule has 0 heterocycles. The van der Waals surface area contributed by atoms with Crippen molar-refractivity contribution >= 4 is 12.0 Å². The van der Waals surface area contributed by atoms with E-state index in [0.29, 0.717) is 35.2 Å². The number of benzene rings is 2. The molecule has 0 aromatic heterocycles. The number of phenols is 1. The number of rotatable bonds is 6. The number of nitrogens with one attached hydrogen (secondary N) is 1. The number of aromatic hydroxyl groups is 1. The van der Waals surface area contributed by atoms with Crippen molar-refractivity contribution in [3.63, 3.8) is 0 Å². The molecule has 2 rings (SSSR count). The van der Waals surface area contributed by atoms with Crippen molar-refractivity contribution in [1.82, 2.24) is 5.43 Å². The van der Waals surface area contributed by atoms with Crippen LogP contribution in [-0.4, -0.2) is 24.2 Å². The third kappa shape index (κ3) is 3.69. The topological polar surface area (TPSA) is 61.7 Å². The van der Waals surface area contributed by atoms with Gasteiger partial charge in [0.25, 0.3) is 0 Å². The van der Waals surface area contributed by atoms with Crippen LogP contribution >= 0.6 is 0 Å². The van der Waals surface area contributed by atoms with E-state index in [0.717, 1.165) is 6.29 Å². The Hall–Kier alpha value is -2.69. The van der Waals surface area contributed by atoms with E-state index < -0.39 is 5.82 Å². The van der Waals surface area contributed by atoms with E-state index in [1.165, 1.54) is 18.2 Å². The number of halogens is 1. The zero-order valence-corrected chi connectivity index (χ0v) is 12.2. The van der Waals surface area contributed by atoms with Crippen molar-refractivity contribution in [2.45, 2.75) is 12.8 Å². The number of hydrogen-bond acceptors (Lipinski definition) is 4. The van der Waals surface area contributed by atoms with Crippen molar-refractivity contribution < 1.29 is 14.3 Å². The lowest BCUT2D eigenvalue weighted by atomic mass is 9.99. The fraction of sp³-hybridized carbons (Fsp3) is 0.176. The van der Waals surface area contributed by atoms with Crippen molar-refractivity contribution in [3.8, 4) is 16.9 Å². The van der Waals surface area contributed by atoms with Gasteiger partial charge in [-0.3, -0.25) is 0 Å². The van der Waals surface area contributed by atoms with Crippen LogP contribution in [0.3, 0.4) is 0 Å². The summed E-state index contributed by atoms with van der Waals surface area (Å²) in [6, 6.07) is 11.2. The molecule has 2 aromatic carbocycles. The zero-order valence-electron chi connectivity index (χ0n) is 12.2. The maximum absolute atomic E-state index is 14.4. The number of phenolic OH excluding ortho intramolecular Hbond substituents is 1. The minimum Gasteiger partial charge on any atom is -0.508 e. The molecule has 0 spiro atoms. The summed E-state index contributed by atoms with van der Waals surface area (Å²) in [6.45, 7) is 0. The molecule has 0 unspecified atom stereocenters. The first-order chi connectivity index (χ1) is 10.7. The minimum absolute atomic E-state index is 0.0874. The Labute approximate surface area is 128 Å². The molecular formula is C17H17FN2O2. The fourth-order valence-electron chi connectivity index (χ4n) is 2.20. The first kappa shape index (κ1) is 15.7. The molecule has 0 saturated heterocycles. The number of carbonyl (C=O) groups excluding carboxylic acids is 1. The van der Waals surface area contributed by atoms with Gasteiger partial charge < -0.3 is 15.3 Å². The molecule has 114 valence electrons. The lowest BCUT2D eigenvalue weighted by Crippen LogP contribution is -2.08. The predicted octanol–water partition coefficient (Wildman–Crippen LogP) is 3.10. The highest BCUT2D eigenvalue weighted by molar-refractivity contribution is 6.01. The van der Waals surface area contributed by atoms with Crippen LogP contribution in [0.2, 0.25) is 0 Å². The van der Waals surface area contributed by atoms with E-state index in [4.69, 9.17) is 0 Å². The largest absolute Gasteiger partial charge is 0.508 e. The molecule has 0 aliphatic heterocycles. The van der Waals surface area contributed by atoms with Gasteiger partial charge in [-0.1, -0.05) is 24.3 Å². The Kier molecular flexibility index (Phi) is 5.25. The average molecular weight is 300 g/mol. The van der Waals surface area contributed by atoms with E-state index in [1.54, 1.807) is 31.3 Å². The monoisotopic (exact) mass is 300 g/mol. The fourth-order valence-corrected chi connectivity index (χ4v) is 2.20. The van der Waals surface area contributed by atoms with Crippen molar-refractivity contribution in [3.05, 3.63) is 53.8 Å². The van der Waals surface area contributed by atoms with Gasteiger partial charge in [0, 0.05) is 24.6 Å². The van der Waals surface area contributed by atoms with Crippen molar-refractivity contribution in [2.24, 2.45) is 5.10 Å². The SMILES string of the molecule is CN/N=C(\CCC=O)c1ccc(-c2cccc(O)c2)c(F)c1. The molecule has 0 bridgehead atoms. The highest BCUT2D eigenvalue weighted by Gasteiger charge is 2.10. The van der Waals surface area contributed by atoms with Crippen LogP contribution in [0.5, 0.6) is 5.75 Å². The highest BCUT2D eigenvalue weighted by atomic mass is 19.1. The number of hydrogen-bond donors (Lipinski definition) is 2. The normalized spacial score (nSPS) is 11.3. The van der Waals surface area contributed by atoms with Gasteiger partial charge in [0.15, 0.2) is 0 Å². The predicted molar refractivity (Wildman–Crippen MR) is 84.4 cm³/mol. The summed E-state index contributed by atoms with van der Waals surface area (Å²) in [5.41, 5.74) is 4.91. The van der Waals surface area contributed by atoms with Crippen LogP contribution in [0.4, 0.5) is 4.39 Å². The molecule has 0 fully saturated rings. The lowest BCUT2D eigenvalue weighted by Gasteiger charge is -2.09. The smallest absolute Gasteiger partial charge is 0.131 e. The van der Waals surface area contributed by atoms with Crippen LogP contribution in [0, 0.1) is 5.82 Å². The third-order valence-corrected chi connectivity index (χ3v) is 3.21. The van der Waals surface area contributed by atoms with Crippen molar-refractivity contribution in [2.75, 3.05) is 7.05 Å². The molecule has 4 nitrogen and oxygen atoms in total. The zero-order chi connectivity index (χ0) is 15.9. The van der Waals surface area contributed by atoms with E-state index in [1.807, 2.05) is 0 Å². The summed E-state index contributed by atoms with van der Waals surface area (Å²) in [5, 5.41) is 13.6.